The maximum Gasteiger partial charge on any atom is 0.416 e. The Hall–Kier alpha value is -2.14. The fraction of sp³-hybridized carbons (Fsp3) is 0.458. The van der Waals surface area contributed by atoms with E-state index < -0.39 is 27.5 Å². The standard InChI is InChI=1S/C24H29ClF3N3O3S/c1-3-35(33,34)22-7-6-20(25)10-19(22)13-30-23(32)17-4-5-18(21(11-17)24(26,27)28)15-31-9-8-16(14-31)12-29-2/h4-7,10-11,16,29H,3,8-9,12-15H2,1-2H3,(H,30,32)/t16-/m0/s1. The summed E-state index contributed by atoms with van der Waals surface area (Å²) in [6, 6.07) is 7.78. The molecule has 1 aliphatic rings. The largest absolute Gasteiger partial charge is 0.416 e. The Bertz CT molecular complexity index is 1170. The monoisotopic (exact) mass is 531 g/mol. The van der Waals surface area contributed by atoms with Crippen molar-refractivity contribution in [1.29, 1.82) is 0 Å². The lowest BCUT2D eigenvalue weighted by Crippen LogP contribution is -2.27. The molecular formula is C24H29ClF3N3O3S. The van der Waals surface area contributed by atoms with Crippen molar-refractivity contribution in [3.8, 4) is 0 Å². The van der Waals surface area contributed by atoms with Crippen molar-refractivity contribution in [3.63, 3.8) is 0 Å². The summed E-state index contributed by atoms with van der Waals surface area (Å²) >= 11 is 5.99. The van der Waals surface area contributed by atoms with Crippen LogP contribution in [0.2, 0.25) is 5.02 Å². The summed E-state index contributed by atoms with van der Waals surface area (Å²) in [5.74, 6) is -0.483. The Kier molecular flexibility index (Phi) is 8.85. The summed E-state index contributed by atoms with van der Waals surface area (Å²) in [6.45, 7) is 3.69. The van der Waals surface area contributed by atoms with E-state index >= 15 is 0 Å². The van der Waals surface area contributed by atoms with E-state index in [-0.39, 0.29) is 45.5 Å². The van der Waals surface area contributed by atoms with Gasteiger partial charge in [-0.15, -0.1) is 0 Å². The number of benzene rings is 2. The number of likely N-dealkylation sites (tertiary alicyclic amines) is 1. The number of rotatable bonds is 9. The third kappa shape index (κ3) is 6.97. The molecule has 6 nitrogen and oxygen atoms in total. The number of sulfone groups is 1. The lowest BCUT2D eigenvalue weighted by molar-refractivity contribution is -0.138. The molecule has 11 heteroatoms. The van der Waals surface area contributed by atoms with Gasteiger partial charge >= 0.3 is 6.18 Å². The van der Waals surface area contributed by atoms with E-state index in [2.05, 4.69) is 10.6 Å². The maximum absolute atomic E-state index is 13.8. The summed E-state index contributed by atoms with van der Waals surface area (Å²) in [7, 11) is -1.73. The Morgan fingerprint density at radius 2 is 1.91 bits per heavy atom. The summed E-state index contributed by atoms with van der Waals surface area (Å²) < 4.78 is 66.2. The topological polar surface area (TPSA) is 78.5 Å². The number of carbonyl (C=O) groups is 1. The summed E-state index contributed by atoms with van der Waals surface area (Å²) in [4.78, 5) is 14.7. The van der Waals surface area contributed by atoms with Crippen molar-refractivity contribution in [2.45, 2.75) is 37.5 Å². The molecule has 0 saturated carbocycles. The normalized spacial score (nSPS) is 17.0. The van der Waals surface area contributed by atoms with Crippen molar-refractivity contribution >= 4 is 27.3 Å². The number of nitrogens with one attached hydrogen (secondary N) is 2. The van der Waals surface area contributed by atoms with Gasteiger partial charge in [0.1, 0.15) is 0 Å². The van der Waals surface area contributed by atoms with E-state index in [4.69, 9.17) is 11.6 Å². The number of halogens is 4. The van der Waals surface area contributed by atoms with Crippen molar-refractivity contribution in [2.75, 3.05) is 32.4 Å². The molecular weight excluding hydrogens is 503 g/mol. The second-order valence-corrected chi connectivity index (χ2v) is 11.3. The molecule has 1 aliphatic heterocycles. The third-order valence-corrected chi connectivity index (χ3v) is 8.17. The molecule has 1 heterocycles. The van der Waals surface area contributed by atoms with Gasteiger partial charge in [0.2, 0.25) is 0 Å². The van der Waals surface area contributed by atoms with Crippen LogP contribution in [0.4, 0.5) is 13.2 Å². The van der Waals surface area contributed by atoms with Crippen LogP contribution in [0.25, 0.3) is 0 Å². The number of amides is 1. The molecule has 192 valence electrons. The Labute approximate surface area is 208 Å². The lowest BCUT2D eigenvalue weighted by Gasteiger charge is -2.20. The fourth-order valence-corrected chi connectivity index (χ4v) is 5.61. The van der Waals surface area contributed by atoms with Gasteiger partial charge in [-0.3, -0.25) is 9.69 Å². The van der Waals surface area contributed by atoms with Crippen LogP contribution in [0, 0.1) is 5.92 Å². The molecule has 1 saturated heterocycles. The second kappa shape index (κ2) is 11.3. The zero-order chi connectivity index (χ0) is 25.8. The lowest BCUT2D eigenvalue weighted by atomic mass is 10.0. The molecule has 2 N–H and O–H groups in total. The average molecular weight is 532 g/mol. The van der Waals surface area contributed by atoms with E-state index in [1.807, 2.05) is 11.9 Å². The molecule has 1 fully saturated rings. The zero-order valence-corrected chi connectivity index (χ0v) is 21.2. The van der Waals surface area contributed by atoms with E-state index in [1.54, 1.807) is 0 Å². The number of hydrogen-bond donors (Lipinski definition) is 2. The Balaban J connectivity index is 1.78. The first-order chi connectivity index (χ1) is 16.4. The highest BCUT2D eigenvalue weighted by Gasteiger charge is 2.35. The molecule has 2 aromatic rings. The minimum atomic E-state index is -4.62. The molecule has 0 aliphatic carbocycles. The van der Waals surface area contributed by atoms with E-state index in [9.17, 15) is 26.4 Å². The van der Waals surface area contributed by atoms with Gasteiger partial charge in [0.25, 0.3) is 5.91 Å². The maximum atomic E-state index is 13.8. The van der Waals surface area contributed by atoms with Gasteiger partial charge in [0.05, 0.1) is 16.2 Å². The molecule has 1 atom stereocenters. The predicted octanol–water partition coefficient (Wildman–Crippen LogP) is 4.12. The molecule has 0 bridgehead atoms. The van der Waals surface area contributed by atoms with Gasteiger partial charge < -0.3 is 10.6 Å². The van der Waals surface area contributed by atoms with Gasteiger partial charge in [-0.2, -0.15) is 13.2 Å². The molecule has 35 heavy (non-hydrogen) atoms. The predicted molar refractivity (Wildman–Crippen MR) is 129 cm³/mol. The molecule has 0 spiro atoms. The third-order valence-electron chi connectivity index (χ3n) is 6.11. The highest BCUT2D eigenvalue weighted by atomic mass is 35.5. The van der Waals surface area contributed by atoms with Crippen molar-refractivity contribution in [3.05, 3.63) is 63.7 Å². The highest BCUT2D eigenvalue weighted by molar-refractivity contribution is 7.91. The van der Waals surface area contributed by atoms with Gasteiger partial charge in [0.15, 0.2) is 9.84 Å². The van der Waals surface area contributed by atoms with Crippen molar-refractivity contribution < 1.29 is 26.4 Å². The van der Waals surface area contributed by atoms with Crippen LogP contribution < -0.4 is 10.6 Å². The first kappa shape index (κ1) is 27.4. The quantitative estimate of drug-likeness (QED) is 0.509. The smallest absolute Gasteiger partial charge is 0.348 e. The molecule has 2 aromatic carbocycles. The first-order valence-corrected chi connectivity index (χ1v) is 13.3. The van der Waals surface area contributed by atoms with E-state index in [1.165, 1.54) is 37.3 Å². The number of hydrogen-bond acceptors (Lipinski definition) is 5. The minimum Gasteiger partial charge on any atom is -0.348 e. The van der Waals surface area contributed by atoms with Gasteiger partial charge in [-0.05, 0) is 73.9 Å². The zero-order valence-electron chi connectivity index (χ0n) is 19.6. The van der Waals surface area contributed by atoms with Gasteiger partial charge in [0, 0.05) is 30.2 Å². The van der Waals surface area contributed by atoms with E-state index in [0.717, 1.165) is 19.0 Å². The summed E-state index contributed by atoms with van der Waals surface area (Å²) in [5, 5.41) is 5.91. The van der Waals surface area contributed by atoms with Crippen LogP contribution in [-0.4, -0.2) is 51.7 Å². The number of carbonyl (C=O) groups excluding carboxylic acids is 1. The van der Waals surface area contributed by atoms with Crippen LogP contribution in [0.15, 0.2) is 41.3 Å². The van der Waals surface area contributed by atoms with Gasteiger partial charge in [-0.25, -0.2) is 8.42 Å². The van der Waals surface area contributed by atoms with Crippen molar-refractivity contribution in [1.82, 2.24) is 15.5 Å². The molecule has 0 aromatic heterocycles. The van der Waals surface area contributed by atoms with Gasteiger partial charge in [-0.1, -0.05) is 24.6 Å². The summed E-state index contributed by atoms with van der Waals surface area (Å²) in [6.07, 6.45) is -3.70. The molecule has 0 radical (unpaired) electrons. The van der Waals surface area contributed by atoms with Crippen LogP contribution in [0.3, 0.4) is 0 Å². The minimum absolute atomic E-state index is 0.0261. The van der Waals surface area contributed by atoms with E-state index in [0.29, 0.717) is 19.0 Å². The highest BCUT2D eigenvalue weighted by Crippen LogP contribution is 2.34. The molecule has 3 rings (SSSR count). The molecule has 0 unspecified atom stereocenters. The van der Waals surface area contributed by atoms with Crippen LogP contribution >= 0.6 is 11.6 Å². The molecule has 1 amide bonds. The summed E-state index contributed by atoms with van der Waals surface area (Å²) in [5.41, 5.74) is -0.618. The van der Waals surface area contributed by atoms with Crippen LogP contribution in [0.1, 0.15) is 40.4 Å². The number of alkyl halides is 3. The number of nitrogens with zero attached hydrogens (tertiary/aromatic N) is 1. The average Bonchev–Trinajstić information content (AvgIpc) is 3.24. The SMILES string of the molecule is CCS(=O)(=O)c1ccc(Cl)cc1CNC(=O)c1ccc(CN2CC[C@@H](CNC)C2)c(C(F)(F)F)c1. The Morgan fingerprint density at radius 1 is 1.17 bits per heavy atom. The van der Waals surface area contributed by atoms with Crippen LogP contribution in [-0.2, 0) is 29.1 Å². The fourth-order valence-electron chi connectivity index (χ4n) is 4.29. The Morgan fingerprint density at radius 3 is 2.57 bits per heavy atom. The second-order valence-electron chi connectivity index (χ2n) is 8.66. The van der Waals surface area contributed by atoms with Crippen molar-refractivity contribution in [2.24, 2.45) is 5.92 Å². The van der Waals surface area contributed by atoms with Crippen LogP contribution in [0.5, 0.6) is 0 Å². The first-order valence-electron chi connectivity index (χ1n) is 11.3.